The van der Waals surface area contributed by atoms with Crippen molar-refractivity contribution in [2.45, 2.75) is 6.73 Å². The molecule has 8 heteroatoms. The van der Waals surface area contributed by atoms with Crippen LogP contribution in [0.4, 0.5) is 5.69 Å². The third-order valence-corrected chi connectivity index (χ3v) is 4.95. The minimum Gasteiger partial charge on any atom is -0.497 e. The van der Waals surface area contributed by atoms with Crippen molar-refractivity contribution in [1.29, 1.82) is 0 Å². The zero-order chi connectivity index (χ0) is 20.2. The normalized spacial score (nSPS) is 10.7. The second kappa shape index (κ2) is 8.32. The fourth-order valence-electron chi connectivity index (χ4n) is 2.79. The number of amides is 1. The van der Waals surface area contributed by atoms with Crippen molar-refractivity contribution in [1.82, 2.24) is 14.8 Å². The van der Waals surface area contributed by atoms with Gasteiger partial charge >= 0.3 is 0 Å². The van der Waals surface area contributed by atoms with Crippen molar-refractivity contribution in [3.63, 3.8) is 0 Å². The summed E-state index contributed by atoms with van der Waals surface area (Å²) < 4.78 is 13.3. The van der Waals surface area contributed by atoms with Gasteiger partial charge in [-0.1, -0.05) is 22.0 Å². The SMILES string of the molecule is COc1ccc(OCn2ccc(C(=O)Nc3ccc(Br)c4cccnc34)n2)cc1. The first-order chi connectivity index (χ1) is 14.1. The van der Waals surface area contributed by atoms with E-state index < -0.39 is 0 Å². The van der Waals surface area contributed by atoms with Gasteiger partial charge in [-0.15, -0.1) is 0 Å². The molecule has 29 heavy (non-hydrogen) atoms. The first-order valence-electron chi connectivity index (χ1n) is 8.79. The lowest BCUT2D eigenvalue weighted by Crippen LogP contribution is -2.14. The molecule has 0 bridgehead atoms. The smallest absolute Gasteiger partial charge is 0.276 e. The van der Waals surface area contributed by atoms with Crippen LogP contribution in [0.3, 0.4) is 0 Å². The van der Waals surface area contributed by atoms with Gasteiger partial charge in [-0.25, -0.2) is 4.68 Å². The standard InChI is InChI=1S/C21H17BrN4O3/c1-28-14-4-6-15(7-5-14)29-13-26-12-10-19(25-26)21(27)24-18-9-8-17(22)16-3-2-11-23-20(16)18/h2-12H,13H2,1H3,(H,24,27). The van der Waals surface area contributed by atoms with E-state index in [0.29, 0.717) is 17.0 Å². The molecule has 0 aliphatic rings. The highest BCUT2D eigenvalue weighted by Crippen LogP contribution is 2.28. The number of methoxy groups -OCH3 is 1. The van der Waals surface area contributed by atoms with E-state index >= 15 is 0 Å². The Morgan fingerprint density at radius 2 is 1.90 bits per heavy atom. The fraction of sp³-hybridized carbons (Fsp3) is 0.0952. The quantitative estimate of drug-likeness (QED) is 0.466. The summed E-state index contributed by atoms with van der Waals surface area (Å²) in [4.78, 5) is 17.0. The number of benzene rings is 2. The van der Waals surface area contributed by atoms with Crippen LogP contribution in [0.1, 0.15) is 10.5 Å². The molecule has 0 unspecified atom stereocenters. The summed E-state index contributed by atoms with van der Waals surface area (Å²) in [5.74, 6) is 1.12. The zero-order valence-electron chi connectivity index (χ0n) is 15.5. The van der Waals surface area contributed by atoms with E-state index in [-0.39, 0.29) is 18.3 Å². The van der Waals surface area contributed by atoms with Crippen LogP contribution in [-0.4, -0.2) is 27.8 Å². The molecule has 4 rings (SSSR count). The maximum atomic E-state index is 12.6. The van der Waals surface area contributed by atoms with Gasteiger partial charge < -0.3 is 14.8 Å². The van der Waals surface area contributed by atoms with E-state index in [0.717, 1.165) is 15.6 Å². The van der Waals surface area contributed by atoms with Crippen molar-refractivity contribution in [3.8, 4) is 11.5 Å². The van der Waals surface area contributed by atoms with E-state index in [2.05, 4.69) is 31.3 Å². The van der Waals surface area contributed by atoms with Crippen LogP contribution in [0.25, 0.3) is 10.9 Å². The zero-order valence-corrected chi connectivity index (χ0v) is 17.1. The number of nitrogens with zero attached hydrogens (tertiary/aromatic N) is 3. The molecule has 0 atom stereocenters. The van der Waals surface area contributed by atoms with Crippen LogP contribution < -0.4 is 14.8 Å². The van der Waals surface area contributed by atoms with Crippen molar-refractivity contribution in [2.24, 2.45) is 0 Å². The number of aromatic nitrogens is 3. The number of pyridine rings is 1. The molecule has 0 saturated heterocycles. The first-order valence-corrected chi connectivity index (χ1v) is 9.58. The van der Waals surface area contributed by atoms with Gasteiger partial charge in [0.15, 0.2) is 12.4 Å². The Bertz CT molecular complexity index is 1160. The van der Waals surface area contributed by atoms with E-state index in [1.807, 2.05) is 42.5 Å². The summed E-state index contributed by atoms with van der Waals surface area (Å²) in [7, 11) is 1.61. The topological polar surface area (TPSA) is 78.3 Å². The largest absolute Gasteiger partial charge is 0.497 e. The average Bonchev–Trinajstić information content (AvgIpc) is 3.24. The molecule has 2 aromatic heterocycles. The number of nitrogens with one attached hydrogen (secondary N) is 1. The number of anilines is 1. The van der Waals surface area contributed by atoms with Gasteiger partial charge in [0, 0.05) is 22.3 Å². The van der Waals surface area contributed by atoms with Gasteiger partial charge in [-0.05, 0) is 48.5 Å². The van der Waals surface area contributed by atoms with E-state index in [1.54, 1.807) is 36.3 Å². The molecule has 0 fully saturated rings. The van der Waals surface area contributed by atoms with Gasteiger partial charge in [0.1, 0.15) is 11.5 Å². The van der Waals surface area contributed by atoms with Crippen LogP contribution in [0.15, 0.2) is 71.5 Å². The van der Waals surface area contributed by atoms with E-state index in [4.69, 9.17) is 9.47 Å². The molecule has 0 spiro atoms. The predicted molar refractivity (Wildman–Crippen MR) is 113 cm³/mol. The Balaban J connectivity index is 1.44. The maximum Gasteiger partial charge on any atom is 0.276 e. The van der Waals surface area contributed by atoms with Crippen LogP contribution >= 0.6 is 15.9 Å². The molecule has 0 aliphatic heterocycles. The lowest BCUT2D eigenvalue weighted by atomic mass is 10.2. The number of fused-ring (bicyclic) bond motifs is 1. The van der Waals surface area contributed by atoms with Gasteiger partial charge in [0.05, 0.1) is 18.3 Å². The van der Waals surface area contributed by atoms with Crippen LogP contribution in [0, 0.1) is 0 Å². The molecule has 2 aromatic carbocycles. The van der Waals surface area contributed by atoms with Gasteiger partial charge in [0.2, 0.25) is 0 Å². The van der Waals surface area contributed by atoms with E-state index in [1.165, 1.54) is 0 Å². The molecule has 1 amide bonds. The highest BCUT2D eigenvalue weighted by atomic mass is 79.9. The Hall–Kier alpha value is -3.39. The number of ether oxygens (including phenoxy) is 2. The number of carbonyl (C=O) groups excluding carboxylic acids is 1. The second-order valence-corrected chi connectivity index (χ2v) is 6.99. The van der Waals surface area contributed by atoms with Gasteiger partial charge in [-0.3, -0.25) is 9.78 Å². The third kappa shape index (κ3) is 4.22. The molecule has 7 nitrogen and oxygen atoms in total. The number of hydrogen-bond donors (Lipinski definition) is 1. The molecule has 0 radical (unpaired) electrons. The molecule has 2 heterocycles. The molecule has 4 aromatic rings. The molecule has 0 saturated carbocycles. The number of rotatable bonds is 6. The highest BCUT2D eigenvalue weighted by Gasteiger charge is 2.13. The van der Waals surface area contributed by atoms with Crippen molar-refractivity contribution >= 4 is 38.4 Å². The van der Waals surface area contributed by atoms with E-state index in [9.17, 15) is 4.79 Å². The molecular formula is C21H17BrN4O3. The number of hydrogen-bond acceptors (Lipinski definition) is 5. The van der Waals surface area contributed by atoms with Gasteiger partial charge in [-0.2, -0.15) is 5.10 Å². The predicted octanol–water partition coefficient (Wildman–Crippen LogP) is 4.49. The number of carbonyl (C=O) groups is 1. The van der Waals surface area contributed by atoms with Crippen molar-refractivity contribution < 1.29 is 14.3 Å². The summed E-state index contributed by atoms with van der Waals surface area (Å²) in [5.41, 5.74) is 1.62. The van der Waals surface area contributed by atoms with Crippen LogP contribution in [0.2, 0.25) is 0 Å². The maximum absolute atomic E-state index is 12.6. The summed E-state index contributed by atoms with van der Waals surface area (Å²) in [6, 6.07) is 16.4. The first kappa shape index (κ1) is 18.9. The Morgan fingerprint density at radius 1 is 1.10 bits per heavy atom. The highest BCUT2D eigenvalue weighted by molar-refractivity contribution is 9.10. The summed E-state index contributed by atoms with van der Waals surface area (Å²) >= 11 is 3.50. The Kier molecular flexibility index (Phi) is 5.44. The minimum atomic E-state index is -0.317. The summed E-state index contributed by atoms with van der Waals surface area (Å²) in [5, 5.41) is 8.07. The molecule has 1 N–H and O–H groups in total. The average molecular weight is 453 g/mol. The van der Waals surface area contributed by atoms with Gasteiger partial charge in [0.25, 0.3) is 5.91 Å². The monoisotopic (exact) mass is 452 g/mol. The molecular weight excluding hydrogens is 436 g/mol. The fourth-order valence-corrected chi connectivity index (χ4v) is 3.24. The lowest BCUT2D eigenvalue weighted by molar-refractivity contribution is 0.102. The lowest BCUT2D eigenvalue weighted by Gasteiger charge is -2.08. The van der Waals surface area contributed by atoms with Crippen molar-refractivity contribution in [2.75, 3.05) is 12.4 Å². The third-order valence-electron chi connectivity index (χ3n) is 4.26. The Morgan fingerprint density at radius 3 is 2.69 bits per heavy atom. The number of halogens is 1. The summed E-state index contributed by atoms with van der Waals surface area (Å²) in [6.45, 7) is 0.183. The van der Waals surface area contributed by atoms with Crippen LogP contribution in [0.5, 0.6) is 11.5 Å². The van der Waals surface area contributed by atoms with Crippen LogP contribution in [-0.2, 0) is 6.73 Å². The summed E-state index contributed by atoms with van der Waals surface area (Å²) in [6.07, 6.45) is 3.38. The Labute approximate surface area is 175 Å². The second-order valence-electron chi connectivity index (χ2n) is 6.14. The molecule has 0 aliphatic carbocycles. The minimum absolute atomic E-state index is 0.183. The van der Waals surface area contributed by atoms with Crippen molar-refractivity contribution in [3.05, 3.63) is 77.2 Å². The molecule has 146 valence electrons.